The highest BCUT2D eigenvalue weighted by Gasteiger charge is 2.16. The molecule has 21 heavy (non-hydrogen) atoms. The molecule has 1 aromatic rings. The third-order valence-corrected chi connectivity index (χ3v) is 5.66. The molecule has 0 unspecified atom stereocenters. The van der Waals surface area contributed by atoms with Crippen molar-refractivity contribution < 1.29 is 17.2 Å². The van der Waals surface area contributed by atoms with E-state index < -0.39 is 21.5 Å². The van der Waals surface area contributed by atoms with Crippen molar-refractivity contribution in [3.05, 3.63) is 29.8 Å². The summed E-state index contributed by atoms with van der Waals surface area (Å²) < 4.78 is 49.8. The van der Waals surface area contributed by atoms with Gasteiger partial charge in [-0.25, -0.2) is 17.2 Å². The minimum atomic E-state index is -3.51. The van der Waals surface area contributed by atoms with Gasteiger partial charge in [0.15, 0.2) is 21.5 Å². The van der Waals surface area contributed by atoms with Crippen molar-refractivity contribution in [1.82, 2.24) is 0 Å². The molecule has 0 aromatic heterocycles. The Labute approximate surface area is 134 Å². The summed E-state index contributed by atoms with van der Waals surface area (Å²) in [7, 11) is -3.51. The summed E-state index contributed by atoms with van der Waals surface area (Å²) in [6.45, 7) is 0. The molecule has 0 saturated heterocycles. The van der Waals surface area contributed by atoms with Gasteiger partial charge in [-0.15, -0.1) is 0 Å². The number of sulfone groups is 1. The highest BCUT2D eigenvalue weighted by molar-refractivity contribution is 9.09. The first-order chi connectivity index (χ1) is 9.97. The lowest BCUT2D eigenvalue weighted by Crippen LogP contribution is -2.07. The number of benzene rings is 1. The Balaban J connectivity index is 2.31. The molecule has 0 spiro atoms. The molecular weight excluding hydrogens is 362 g/mol. The fraction of sp³-hybridized carbons (Fsp3) is 0.600. The van der Waals surface area contributed by atoms with E-state index in [1.807, 2.05) is 0 Å². The molecule has 0 aliphatic heterocycles. The van der Waals surface area contributed by atoms with Gasteiger partial charge in [0.2, 0.25) is 0 Å². The molecule has 0 saturated carbocycles. The maximum absolute atomic E-state index is 13.1. The quantitative estimate of drug-likeness (QED) is 0.328. The Morgan fingerprint density at radius 3 is 2.00 bits per heavy atom. The molecule has 120 valence electrons. The maximum Gasteiger partial charge on any atom is 0.178 e. The number of hydrogen-bond donors (Lipinski definition) is 0. The van der Waals surface area contributed by atoms with Gasteiger partial charge < -0.3 is 0 Å². The molecule has 0 aliphatic rings. The first-order valence-electron chi connectivity index (χ1n) is 7.21. The van der Waals surface area contributed by atoms with Crippen LogP contribution in [-0.2, 0) is 9.84 Å². The monoisotopic (exact) mass is 382 g/mol. The van der Waals surface area contributed by atoms with Gasteiger partial charge in [0.25, 0.3) is 0 Å². The van der Waals surface area contributed by atoms with E-state index >= 15 is 0 Å². The van der Waals surface area contributed by atoms with Crippen molar-refractivity contribution in [1.29, 1.82) is 0 Å². The highest BCUT2D eigenvalue weighted by atomic mass is 79.9. The minimum absolute atomic E-state index is 0.0144. The zero-order valence-corrected chi connectivity index (χ0v) is 14.4. The summed E-state index contributed by atoms with van der Waals surface area (Å²) >= 11 is 3.38. The second-order valence-electron chi connectivity index (χ2n) is 5.06. The van der Waals surface area contributed by atoms with Crippen molar-refractivity contribution in [2.24, 2.45) is 0 Å². The second kappa shape index (κ2) is 9.51. The van der Waals surface area contributed by atoms with E-state index in [0.717, 1.165) is 42.8 Å². The molecule has 0 atom stereocenters. The van der Waals surface area contributed by atoms with Gasteiger partial charge >= 0.3 is 0 Å². The van der Waals surface area contributed by atoms with Crippen LogP contribution in [0, 0.1) is 11.6 Å². The van der Waals surface area contributed by atoms with E-state index in [4.69, 9.17) is 0 Å². The molecule has 0 heterocycles. The van der Waals surface area contributed by atoms with Crippen LogP contribution in [0.4, 0.5) is 8.78 Å². The van der Waals surface area contributed by atoms with E-state index in [0.29, 0.717) is 6.42 Å². The second-order valence-corrected chi connectivity index (χ2v) is 7.96. The summed E-state index contributed by atoms with van der Waals surface area (Å²) in [5.41, 5.74) is 0. The Hall–Kier alpha value is -0.490. The molecular formula is C15H21BrF2O2S. The molecule has 0 bridgehead atoms. The van der Waals surface area contributed by atoms with Crippen LogP contribution in [0.1, 0.15) is 44.9 Å². The number of unbranched alkanes of at least 4 members (excludes halogenated alkanes) is 6. The molecule has 0 amide bonds. The lowest BCUT2D eigenvalue weighted by molar-refractivity contribution is 0.504. The van der Waals surface area contributed by atoms with Crippen molar-refractivity contribution in [2.45, 2.75) is 49.8 Å². The van der Waals surface area contributed by atoms with Crippen LogP contribution in [0.2, 0.25) is 0 Å². The van der Waals surface area contributed by atoms with E-state index in [-0.39, 0.29) is 10.6 Å². The topological polar surface area (TPSA) is 34.1 Å². The SMILES string of the molecule is O=S(=O)(CCCCCCCCCBr)c1ccc(F)c(F)c1. The zero-order chi connectivity index (χ0) is 15.7. The number of halogens is 3. The number of alkyl halides is 1. The van der Waals surface area contributed by atoms with Crippen LogP contribution in [0.15, 0.2) is 23.1 Å². The zero-order valence-electron chi connectivity index (χ0n) is 12.0. The third kappa shape index (κ3) is 6.87. The lowest BCUT2D eigenvalue weighted by Gasteiger charge is -2.05. The van der Waals surface area contributed by atoms with Gasteiger partial charge in [-0.1, -0.05) is 48.0 Å². The van der Waals surface area contributed by atoms with Gasteiger partial charge in [0.05, 0.1) is 10.6 Å². The fourth-order valence-corrected chi connectivity index (χ4v) is 3.83. The summed E-state index contributed by atoms with van der Waals surface area (Å²) in [5.74, 6) is -2.17. The van der Waals surface area contributed by atoms with Crippen LogP contribution >= 0.6 is 15.9 Å². The molecule has 0 fully saturated rings. The van der Waals surface area contributed by atoms with E-state index in [1.54, 1.807) is 0 Å². The highest BCUT2D eigenvalue weighted by Crippen LogP contribution is 2.17. The fourth-order valence-electron chi connectivity index (χ4n) is 2.06. The molecule has 2 nitrogen and oxygen atoms in total. The molecule has 1 rings (SSSR count). The summed E-state index contributed by atoms with van der Waals surface area (Å²) in [6, 6.07) is 2.73. The van der Waals surface area contributed by atoms with Crippen molar-refractivity contribution >= 4 is 25.8 Å². The Kier molecular flexibility index (Phi) is 8.41. The lowest BCUT2D eigenvalue weighted by atomic mass is 10.1. The van der Waals surface area contributed by atoms with Gasteiger partial charge in [0, 0.05) is 5.33 Å². The third-order valence-electron chi connectivity index (χ3n) is 3.30. The Morgan fingerprint density at radius 2 is 1.43 bits per heavy atom. The Bertz CT molecular complexity index is 532. The average Bonchev–Trinajstić information content (AvgIpc) is 2.44. The summed E-state index contributed by atoms with van der Waals surface area (Å²) in [6.07, 6.45) is 7.05. The molecule has 0 N–H and O–H groups in total. The first kappa shape index (κ1) is 18.6. The summed E-state index contributed by atoms with van der Waals surface area (Å²) in [4.78, 5) is -0.140. The van der Waals surface area contributed by atoms with Gasteiger partial charge in [-0.3, -0.25) is 0 Å². The standard InChI is InChI=1S/C15H21BrF2O2S/c16-10-6-4-2-1-3-5-7-11-21(19,20)13-8-9-14(17)15(18)12-13/h8-9,12H,1-7,10-11H2. The number of hydrogen-bond acceptors (Lipinski definition) is 2. The van der Waals surface area contributed by atoms with Crippen LogP contribution in [-0.4, -0.2) is 19.5 Å². The van der Waals surface area contributed by atoms with E-state index in [1.165, 1.54) is 19.3 Å². The van der Waals surface area contributed by atoms with Crippen LogP contribution in [0.5, 0.6) is 0 Å². The minimum Gasteiger partial charge on any atom is -0.224 e. The molecule has 6 heteroatoms. The predicted octanol–water partition coefficient (Wildman–Crippen LogP) is 4.86. The maximum atomic E-state index is 13.1. The van der Waals surface area contributed by atoms with Crippen molar-refractivity contribution in [3.8, 4) is 0 Å². The molecule has 0 aliphatic carbocycles. The van der Waals surface area contributed by atoms with Crippen LogP contribution in [0.3, 0.4) is 0 Å². The van der Waals surface area contributed by atoms with Crippen molar-refractivity contribution in [3.63, 3.8) is 0 Å². The van der Waals surface area contributed by atoms with E-state index in [2.05, 4.69) is 15.9 Å². The smallest absolute Gasteiger partial charge is 0.178 e. The van der Waals surface area contributed by atoms with Gasteiger partial charge in [-0.2, -0.15) is 0 Å². The van der Waals surface area contributed by atoms with Gasteiger partial charge in [-0.05, 0) is 31.0 Å². The van der Waals surface area contributed by atoms with Crippen LogP contribution < -0.4 is 0 Å². The Morgan fingerprint density at radius 1 is 0.857 bits per heavy atom. The normalized spacial score (nSPS) is 11.8. The largest absolute Gasteiger partial charge is 0.224 e. The summed E-state index contributed by atoms with van der Waals surface area (Å²) in [5, 5.41) is 1.03. The number of rotatable bonds is 10. The predicted molar refractivity (Wildman–Crippen MR) is 84.5 cm³/mol. The van der Waals surface area contributed by atoms with E-state index in [9.17, 15) is 17.2 Å². The average molecular weight is 383 g/mol. The van der Waals surface area contributed by atoms with Crippen LogP contribution in [0.25, 0.3) is 0 Å². The molecule has 1 aromatic carbocycles. The molecule has 0 radical (unpaired) electrons. The van der Waals surface area contributed by atoms with Gasteiger partial charge in [0.1, 0.15) is 0 Å². The van der Waals surface area contributed by atoms with Crippen molar-refractivity contribution in [2.75, 3.05) is 11.1 Å². The first-order valence-corrected chi connectivity index (χ1v) is 9.98.